The summed E-state index contributed by atoms with van der Waals surface area (Å²) < 4.78 is 5.21. The molecule has 0 bridgehead atoms. The third kappa shape index (κ3) is 5.99. The summed E-state index contributed by atoms with van der Waals surface area (Å²) in [6.45, 7) is 3.86. The van der Waals surface area contributed by atoms with Crippen LogP contribution in [0.5, 0.6) is 5.75 Å². The second-order valence-electron chi connectivity index (χ2n) is 8.62. The van der Waals surface area contributed by atoms with E-state index in [-0.39, 0.29) is 29.6 Å². The van der Waals surface area contributed by atoms with Crippen LogP contribution in [0.3, 0.4) is 0 Å². The van der Waals surface area contributed by atoms with Crippen molar-refractivity contribution in [3.8, 4) is 5.75 Å². The molecule has 0 aromatic heterocycles. The Kier molecular flexibility index (Phi) is 8.32. The van der Waals surface area contributed by atoms with E-state index in [1.54, 1.807) is 31.4 Å². The summed E-state index contributed by atoms with van der Waals surface area (Å²) in [5.41, 5.74) is 0.460. The minimum Gasteiger partial charge on any atom is -0.497 e. The molecule has 170 valence electrons. The predicted octanol–water partition coefficient (Wildman–Crippen LogP) is 2.75. The van der Waals surface area contributed by atoms with Crippen LogP contribution >= 0.6 is 0 Å². The van der Waals surface area contributed by atoms with E-state index in [1.807, 2.05) is 11.8 Å². The van der Waals surface area contributed by atoms with Gasteiger partial charge in [0, 0.05) is 31.1 Å². The van der Waals surface area contributed by atoms with Crippen LogP contribution in [0.25, 0.3) is 0 Å². The van der Waals surface area contributed by atoms with Crippen molar-refractivity contribution in [2.75, 3.05) is 26.7 Å². The molecule has 1 aromatic carbocycles. The first-order valence-electron chi connectivity index (χ1n) is 11.5. The van der Waals surface area contributed by atoms with Crippen molar-refractivity contribution in [1.29, 1.82) is 0 Å². The highest BCUT2D eigenvalue weighted by Gasteiger charge is 2.35. The van der Waals surface area contributed by atoms with E-state index in [9.17, 15) is 14.4 Å². The smallest absolute Gasteiger partial charge is 0.252 e. The maximum Gasteiger partial charge on any atom is 0.252 e. The highest BCUT2D eigenvalue weighted by molar-refractivity contribution is 5.98. The van der Waals surface area contributed by atoms with Crippen molar-refractivity contribution in [3.05, 3.63) is 29.8 Å². The van der Waals surface area contributed by atoms with Gasteiger partial charge in [0.1, 0.15) is 11.8 Å². The molecule has 1 aliphatic carbocycles. The average Bonchev–Trinajstić information content (AvgIpc) is 3.35. The fourth-order valence-corrected chi connectivity index (χ4v) is 4.63. The molecule has 1 saturated heterocycles. The largest absolute Gasteiger partial charge is 0.497 e. The number of hydrogen-bond donors (Lipinski definition) is 2. The number of benzene rings is 1. The molecule has 3 amide bonds. The van der Waals surface area contributed by atoms with Crippen LogP contribution in [-0.2, 0) is 9.59 Å². The van der Waals surface area contributed by atoms with Gasteiger partial charge >= 0.3 is 0 Å². The van der Waals surface area contributed by atoms with Gasteiger partial charge in [-0.1, -0.05) is 25.8 Å². The molecule has 1 aromatic rings. The van der Waals surface area contributed by atoms with Crippen molar-refractivity contribution in [1.82, 2.24) is 15.5 Å². The van der Waals surface area contributed by atoms with E-state index in [2.05, 4.69) is 10.6 Å². The molecule has 1 saturated carbocycles. The molecule has 3 rings (SSSR count). The van der Waals surface area contributed by atoms with Crippen molar-refractivity contribution < 1.29 is 19.1 Å². The van der Waals surface area contributed by atoms with E-state index in [1.165, 1.54) is 0 Å². The molecule has 2 N–H and O–H groups in total. The molecule has 7 nitrogen and oxygen atoms in total. The van der Waals surface area contributed by atoms with E-state index in [4.69, 9.17) is 4.74 Å². The molecular formula is C24H35N3O4. The summed E-state index contributed by atoms with van der Waals surface area (Å²) in [4.78, 5) is 40.5. The number of nitrogens with one attached hydrogen (secondary N) is 2. The monoisotopic (exact) mass is 429 g/mol. The number of carbonyl (C=O) groups is 3. The first kappa shape index (κ1) is 23.1. The third-order valence-electron chi connectivity index (χ3n) is 6.48. The van der Waals surface area contributed by atoms with Crippen molar-refractivity contribution in [3.63, 3.8) is 0 Å². The van der Waals surface area contributed by atoms with Crippen molar-refractivity contribution in [2.24, 2.45) is 11.8 Å². The van der Waals surface area contributed by atoms with E-state index in [0.717, 1.165) is 32.1 Å². The van der Waals surface area contributed by atoms with Crippen LogP contribution in [0.15, 0.2) is 24.3 Å². The Hall–Kier alpha value is -2.57. The normalized spacial score (nSPS) is 18.5. The molecule has 2 fully saturated rings. The predicted molar refractivity (Wildman–Crippen MR) is 119 cm³/mol. The minimum atomic E-state index is -0.617. The zero-order chi connectivity index (χ0) is 22.2. The van der Waals surface area contributed by atoms with Gasteiger partial charge in [-0.2, -0.15) is 0 Å². The maximum atomic E-state index is 12.9. The quantitative estimate of drug-likeness (QED) is 0.665. The highest BCUT2D eigenvalue weighted by atomic mass is 16.5. The number of hydrogen-bond acceptors (Lipinski definition) is 4. The fraction of sp³-hybridized carbons (Fsp3) is 0.625. The topological polar surface area (TPSA) is 87.7 Å². The molecule has 1 unspecified atom stereocenters. The third-order valence-corrected chi connectivity index (χ3v) is 6.48. The van der Waals surface area contributed by atoms with Crippen molar-refractivity contribution in [2.45, 2.75) is 57.9 Å². The maximum absolute atomic E-state index is 12.9. The number of likely N-dealkylation sites (tertiary alicyclic amines) is 1. The first-order valence-corrected chi connectivity index (χ1v) is 11.5. The van der Waals surface area contributed by atoms with E-state index in [0.29, 0.717) is 43.8 Å². The van der Waals surface area contributed by atoms with Crippen LogP contribution < -0.4 is 15.4 Å². The standard InChI is InChI=1S/C24H35N3O4/c1-3-13-25-23(29)21(26-22(28)19-9-6-10-20(16-19)31-2)17-11-14-27(15-12-17)24(30)18-7-4-5-8-18/h6,9-10,16-18,21H,3-5,7-8,11-15H2,1-2H3,(H,25,29)(H,26,28). The summed E-state index contributed by atoms with van der Waals surface area (Å²) >= 11 is 0. The Morgan fingerprint density at radius 1 is 1.13 bits per heavy atom. The van der Waals surface area contributed by atoms with Crippen LogP contribution in [0.2, 0.25) is 0 Å². The Morgan fingerprint density at radius 3 is 2.48 bits per heavy atom. The Balaban J connectivity index is 1.65. The van der Waals surface area contributed by atoms with Crippen molar-refractivity contribution >= 4 is 17.7 Å². The lowest BCUT2D eigenvalue weighted by Gasteiger charge is -2.36. The number of nitrogens with zero attached hydrogens (tertiary/aromatic N) is 1. The minimum absolute atomic E-state index is 0.000887. The summed E-state index contributed by atoms with van der Waals surface area (Å²) in [5.74, 6) is 0.590. The van der Waals surface area contributed by atoms with Gasteiger partial charge in [-0.25, -0.2) is 0 Å². The highest BCUT2D eigenvalue weighted by Crippen LogP contribution is 2.29. The average molecular weight is 430 g/mol. The number of methoxy groups -OCH3 is 1. The molecule has 0 spiro atoms. The Labute approximate surface area is 184 Å². The fourth-order valence-electron chi connectivity index (χ4n) is 4.63. The summed E-state index contributed by atoms with van der Waals surface area (Å²) in [7, 11) is 1.55. The van der Waals surface area contributed by atoms with Gasteiger partial charge in [0.2, 0.25) is 11.8 Å². The lowest BCUT2D eigenvalue weighted by atomic mass is 9.87. The Bertz CT molecular complexity index is 768. The van der Waals surface area contributed by atoms with E-state index >= 15 is 0 Å². The van der Waals surface area contributed by atoms with Gasteiger partial charge in [0.15, 0.2) is 0 Å². The number of piperidine rings is 1. The van der Waals surface area contributed by atoms with Crippen LogP contribution in [0, 0.1) is 11.8 Å². The Morgan fingerprint density at radius 2 is 1.84 bits per heavy atom. The number of rotatable bonds is 8. The van der Waals surface area contributed by atoms with Gasteiger partial charge in [0.05, 0.1) is 7.11 Å². The first-order chi connectivity index (χ1) is 15.0. The molecule has 2 aliphatic rings. The number of amides is 3. The lowest BCUT2D eigenvalue weighted by molar-refractivity contribution is -0.137. The van der Waals surface area contributed by atoms with Crippen LogP contribution in [0.1, 0.15) is 62.2 Å². The van der Waals surface area contributed by atoms with Gasteiger partial charge in [-0.05, 0) is 56.2 Å². The zero-order valence-electron chi connectivity index (χ0n) is 18.7. The molecule has 7 heteroatoms. The SMILES string of the molecule is CCCNC(=O)C(NC(=O)c1cccc(OC)c1)C1CCN(C(=O)C2CCCC2)CC1. The van der Waals surface area contributed by atoms with E-state index < -0.39 is 6.04 Å². The second-order valence-corrected chi connectivity index (χ2v) is 8.62. The second kappa shape index (κ2) is 11.2. The van der Waals surface area contributed by atoms with Gasteiger partial charge in [-0.3, -0.25) is 14.4 Å². The summed E-state index contributed by atoms with van der Waals surface area (Å²) in [5, 5.41) is 5.88. The van der Waals surface area contributed by atoms with Gasteiger partial charge < -0.3 is 20.3 Å². The number of carbonyl (C=O) groups excluding carboxylic acids is 3. The lowest BCUT2D eigenvalue weighted by Crippen LogP contribution is -2.54. The molecule has 0 radical (unpaired) electrons. The zero-order valence-corrected chi connectivity index (χ0v) is 18.7. The van der Waals surface area contributed by atoms with Crippen LogP contribution in [-0.4, -0.2) is 55.4 Å². The summed E-state index contributed by atoms with van der Waals surface area (Å²) in [6, 6.07) is 6.29. The number of ether oxygens (including phenoxy) is 1. The molecule has 1 heterocycles. The van der Waals surface area contributed by atoms with Gasteiger partial charge in [0.25, 0.3) is 5.91 Å². The molecular weight excluding hydrogens is 394 g/mol. The molecule has 1 aliphatic heterocycles. The molecule has 31 heavy (non-hydrogen) atoms. The molecule has 1 atom stereocenters. The van der Waals surface area contributed by atoms with Crippen LogP contribution in [0.4, 0.5) is 0 Å². The van der Waals surface area contributed by atoms with Gasteiger partial charge in [-0.15, -0.1) is 0 Å². The summed E-state index contributed by atoms with van der Waals surface area (Å²) in [6.07, 6.45) is 6.53.